The number of nitrogens with zero attached hydrogens (tertiary/aromatic N) is 3. The van der Waals surface area contributed by atoms with Crippen molar-refractivity contribution in [2.24, 2.45) is 0 Å². The van der Waals surface area contributed by atoms with Gasteiger partial charge in [0.2, 0.25) is 11.8 Å². The van der Waals surface area contributed by atoms with Crippen molar-refractivity contribution < 1.29 is 14.3 Å². The topological polar surface area (TPSA) is 53.1 Å². The number of likely N-dealkylation sites (N-methyl/N-ethyl adjacent to an activating group) is 1. The summed E-state index contributed by atoms with van der Waals surface area (Å²) in [7, 11) is 0. The molecule has 148 valence electrons. The predicted octanol–water partition coefficient (Wildman–Crippen LogP) is 2.93. The van der Waals surface area contributed by atoms with Gasteiger partial charge >= 0.3 is 0 Å². The second-order valence-electron chi connectivity index (χ2n) is 6.67. The van der Waals surface area contributed by atoms with Crippen LogP contribution in [0.5, 0.6) is 0 Å². The number of morpholine rings is 1. The van der Waals surface area contributed by atoms with Gasteiger partial charge in [0.15, 0.2) is 0 Å². The molecule has 28 heavy (non-hydrogen) atoms. The first-order chi connectivity index (χ1) is 13.6. The fourth-order valence-electron chi connectivity index (χ4n) is 3.46. The SMILES string of the molecule is CCN(C(=O)CN(C(C)=O)c1ccccc1N1CCOCC1)c1ccccc1. The van der Waals surface area contributed by atoms with Gasteiger partial charge in [-0.2, -0.15) is 0 Å². The Bertz CT molecular complexity index is 804. The molecule has 0 aliphatic carbocycles. The number of para-hydroxylation sites is 3. The fraction of sp³-hybridized carbons (Fsp3) is 0.364. The van der Waals surface area contributed by atoms with Gasteiger partial charge in [-0.1, -0.05) is 30.3 Å². The second-order valence-corrected chi connectivity index (χ2v) is 6.67. The second kappa shape index (κ2) is 9.37. The normalized spacial score (nSPS) is 13.9. The number of anilines is 3. The Balaban J connectivity index is 1.86. The Hall–Kier alpha value is -2.86. The first-order valence-electron chi connectivity index (χ1n) is 9.67. The Morgan fingerprint density at radius 1 is 0.964 bits per heavy atom. The Labute approximate surface area is 166 Å². The molecule has 2 amide bonds. The summed E-state index contributed by atoms with van der Waals surface area (Å²) < 4.78 is 5.45. The molecular weight excluding hydrogens is 354 g/mol. The third kappa shape index (κ3) is 4.51. The summed E-state index contributed by atoms with van der Waals surface area (Å²) in [5, 5.41) is 0. The van der Waals surface area contributed by atoms with E-state index in [1.54, 1.807) is 9.80 Å². The molecule has 1 aliphatic rings. The lowest BCUT2D eigenvalue weighted by atomic mass is 10.2. The number of hydrogen-bond donors (Lipinski definition) is 0. The minimum Gasteiger partial charge on any atom is -0.378 e. The molecule has 0 saturated carbocycles. The molecule has 2 aromatic rings. The number of hydrogen-bond acceptors (Lipinski definition) is 4. The molecule has 0 spiro atoms. The van der Waals surface area contributed by atoms with Crippen LogP contribution in [0.2, 0.25) is 0 Å². The van der Waals surface area contributed by atoms with Crippen molar-refractivity contribution in [3.8, 4) is 0 Å². The lowest BCUT2D eigenvalue weighted by Crippen LogP contribution is -2.43. The summed E-state index contributed by atoms with van der Waals surface area (Å²) >= 11 is 0. The highest BCUT2D eigenvalue weighted by atomic mass is 16.5. The maximum Gasteiger partial charge on any atom is 0.247 e. The summed E-state index contributed by atoms with van der Waals surface area (Å²) in [6.07, 6.45) is 0. The smallest absolute Gasteiger partial charge is 0.247 e. The van der Waals surface area contributed by atoms with Crippen LogP contribution in [0.3, 0.4) is 0 Å². The highest BCUT2D eigenvalue weighted by Crippen LogP contribution is 2.30. The zero-order valence-corrected chi connectivity index (χ0v) is 16.5. The Morgan fingerprint density at radius 3 is 2.25 bits per heavy atom. The molecule has 0 aromatic heterocycles. The van der Waals surface area contributed by atoms with Gasteiger partial charge in [0.1, 0.15) is 6.54 Å². The Kier molecular flexibility index (Phi) is 6.66. The van der Waals surface area contributed by atoms with Crippen molar-refractivity contribution in [1.82, 2.24) is 0 Å². The molecule has 1 saturated heterocycles. The highest BCUT2D eigenvalue weighted by Gasteiger charge is 2.24. The molecule has 0 bridgehead atoms. The van der Waals surface area contributed by atoms with E-state index in [0.29, 0.717) is 19.8 Å². The number of rotatable bonds is 6. The third-order valence-electron chi connectivity index (χ3n) is 4.88. The van der Waals surface area contributed by atoms with Gasteiger partial charge in [0.25, 0.3) is 0 Å². The Morgan fingerprint density at radius 2 is 1.61 bits per heavy atom. The molecule has 0 radical (unpaired) electrons. The fourth-order valence-corrected chi connectivity index (χ4v) is 3.46. The standard InChI is InChI=1S/C22H27N3O3/c1-3-24(19-9-5-4-6-10-19)22(27)17-25(18(2)26)21-12-8-7-11-20(21)23-13-15-28-16-14-23/h4-12H,3,13-17H2,1-2H3. The largest absolute Gasteiger partial charge is 0.378 e. The summed E-state index contributed by atoms with van der Waals surface area (Å²) in [6, 6.07) is 17.3. The van der Waals surface area contributed by atoms with Crippen LogP contribution in [-0.2, 0) is 14.3 Å². The molecule has 1 heterocycles. The lowest BCUT2D eigenvalue weighted by Gasteiger charge is -2.33. The molecule has 2 aromatic carbocycles. The minimum absolute atomic E-state index is 0.000574. The minimum atomic E-state index is -0.154. The van der Waals surface area contributed by atoms with Crippen molar-refractivity contribution in [3.63, 3.8) is 0 Å². The number of benzene rings is 2. The zero-order chi connectivity index (χ0) is 19.9. The maximum absolute atomic E-state index is 13.0. The maximum atomic E-state index is 13.0. The molecular formula is C22H27N3O3. The molecule has 1 fully saturated rings. The quantitative estimate of drug-likeness (QED) is 0.772. The van der Waals surface area contributed by atoms with E-state index in [1.165, 1.54) is 6.92 Å². The summed E-state index contributed by atoms with van der Waals surface area (Å²) in [4.78, 5) is 31.0. The molecule has 6 nitrogen and oxygen atoms in total. The summed E-state index contributed by atoms with van der Waals surface area (Å²) in [5.74, 6) is -0.265. The molecule has 0 atom stereocenters. The lowest BCUT2D eigenvalue weighted by molar-refractivity contribution is -0.121. The van der Waals surface area contributed by atoms with Crippen molar-refractivity contribution in [3.05, 3.63) is 54.6 Å². The number of carbonyl (C=O) groups excluding carboxylic acids is 2. The van der Waals surface area contributed by atoms with Gasteiger partial charge < -0.3 is 19.4 Å². The van der Waals surface area contributed by atoms with E-state index in [9.17, 15) is 9.59 Å². The van der Waals surface area contributed by atoms with Crippen LogP contribution in [0.4, 0.5) is 17.1 Å². The summed E-state index contributed by atoms with van der Waals surface area (Å²) in [6.45, 7) is 6.82. The molecule has 1 aliphatic heterocycles. The van der Waals surface area contributed by atoms with Gasteiger partial charge in [0.05, 0.1) is 24.6 Å². The third-order valence-corrected chi connectivity index (χ3v) is 4.88. The average molecular weight is 381 g/mol. The van der Waals surface area contributed by atoms with Crippen molar-refractivity contribution in [2.45, 2.75) is 13.8 Å². The van der Waals surface area contributed by atoms with Crippen LogP contribution >= 0.6 is 0 Å². The predicted molar refractivity (Wildman–Crippen MR) is 112 cm³/mol. The van der Waals surface area contributed by atoms with Crippen LogP contribution in [0, 0.1) is 0 Å². The first-order valence-corrected chi connectivity index (χ1v) is 9.67. The van der Waals surface area contributed by atoms with Gasteiger partial charge in [-0.15, -0.1) is 0 Å². The first kappa shape index (κ1) is 19.9. The molecule has 0 unspecified atom stereocenters. The van der Waals surface area contributed by atoms with E-state index >= 15 is 0 Å². The monoisotopic (exact) mass is 381 g/mol. The number of carbonyl (C=O) groups is 2. The van der Waals surface area contributed by atoms with Crippen LogP contribution in [0.1, 0.15) is 13.8 Å². The van der Waals surface area contributed by atoms with E-state index in [4.69, 9.17) is 4.74 Å². The van der Waals surface area contributed by atoms with Crippen molar-refractivity contribution >= 4 is 28.9 Å². The number of amides is 2. The molecule has 6 heteroatoms. The van der Waals surface area contributed by atoms with E-state index in [2.05, 4.69) is 4.90 Å². The van der Waals surface area contributed by atoms with Gasteiger partial charge in [-0.25, -0.2) is 0 Å². The van der Waals surface area contributed by atoms with Crippen molar-refractivity contribution in [2.75, 3.05) is 54.1 Å². The van der Waals surface area contributed by atoms with E-state index in [-0.39, 0.29) is 18.4 Å². The van der Waals surface area contributed by atoms with E-state index in [1.807, 2.05) is 61.5 Å². The molecule has 3 rings (SSSR count). The van der Waals surface area contributed by atoms with Crippen LogP contribution in [0.25, 0.3) is 0 Å². The van der Waals surface area contributed by atoms with Crippen molar-refractivity contribution in [1.29, 1.82) is 0 Å². The zero-order valence-electron chi connectivity index (χ0n) is 16.5. The van der Waals surface area contributed by atoms with Gasteiger partial charge in [0, 0.05) is 32.2 Å². The number of ether oxygens (including phenoxy) is 1. The van der Waals surface area contributed by atoms with E-state index < -0.39 is 0 Å². The van der Waals surface area contributed by atoms with E-state index in [0.717, 1.165) is 30.2 Å². The van der Waals surface area contributed by atoms with Crippen LogP contribution in [0.15, 0.2) is 54.6 Å². The summed E-state index contributed by atoms with van der Waals surface area (Å²) in [5.41, 5.74) is 2.55. The van der Waals surface area contributed by atoms with Gasteiger partial charge in [-0.05, 0) is 31.2 Å². The van der Waals surface area contributed by atoms with Gasteiger partial charge in [-0.3, -0.25) is 9.59 Å². The van der Waals surface area contributed by atoms with Crippen LogP contribution in [-0.4, -0.2) is 51.2 Å². The average Bonchev–Trinajstić information content (AvgIpc) is 2.74. The molecule has 0 N–H and O–H groups in total. The van der Waals surface area contributed by atoms with Crippen LogP contribution < -0.4 is 14.7 Å². The highest BCUT2D eigenvalue weighted by molar-refractivity contribution is 6.04.